The van der Waals surface area contributed by atoms with E-state index >= 15 is 0 Å². The van der Waals surface area contributed by atoms with E-state index in [1.54, 1.807) is 12.3 Å². The number of benzene rings is 1. The van der Waals surface area contributed by atoms with E-state index in [1.165, 1.54) is 4.57 Å². The van der Waals surface area contributed by atoms with Gasteiger partial charge < -0.3 is 19.9 Å². The Kier molecular flexibility index (Phi) is 4.99. The number of aliphatic hydroxyl groups excluding tert-OH is 2. The van der Waals surface area contributed by atoms with E-state index in [1.807, 2.05) is 29.2 Å². The van der Waals surface area contributed by atoms with Crippen LogP contribution in [0.1, 0.15) is 23.1 Å². The Labute approximate surface area is 140 Å². The van der Waals surface area contributed by atoms with Gasteiger partial charge in [-0.1, -0.05) is 24.3 Å². The minimum atomic E-state index is -0.444. The van der Waals surface area contributed by atoms with Crippen molar-refractivity contribution >= 4 is 0 Å². The van der Waals surface area contributed by atoms with Crippen LogP contribution in [-0.2, 0) is 19.7 Å². The van der Waals surface area contributed by atoms with E-state index in [-0.39, 0.29) is 18.5 Å². The lowest BCUT2D eigenvalue weighted by molar-refractivity contribution is 0.174. The summed E-state index contributed by atoms with van der Waals surface area (Å²) < 4.78 is 1.44. The molecule has 2 aromatic rings. The zero-order valence-corrected chi connectivity index (χ0v) is 13.4. The third kappa shape index (κ3) is 3.51. The first-order valence-electron chi connectivity index (χ1n) is 8.08. The molecule has 2 heterocycles. The van der Waals surface area contributed by atoms with Gasteiger partial charge in [0.05, 0.1) is 19.3 Å². The molecule has 128 valence electrons. The largest absolute Gasteiger partial charge is 0.503 e. The molecule has 24 heavy (non-hydrogen) atoms. The fourth-order valence-electron chi connectivity index (χ4n) is 3.10. The zero-order chi connectivity index (χ0) is 17.1. The van der Waals surface area contributed by atoms with Crippen LogP contribution in [0.3, 0.4) is 0 Å². The monoisotopic (exact) mass is 330 g/mol. The number of hydrogen-bond acceptors (Lipinski definition) is 5. The van der Waals surface area contributed by atoms with Gasteiger partial charge in [0.15, 0.2) is 5.75 Å². The summed E-state index contributed by atoms with van der Waals surface area (Å²) in [6.45, 7) is 1.98. The average molecular weight is 330 g/mol. The van der Waals surface area contributed by atoms with Crippen LogP contribution in [0.25, 0.3) is 0 Å². The van der Waals surface area contributed by atoms with Crippen LogP contribution in [0.5, 0.6) is 5.75 Å². The molecule has 6 nitrogen and oxygen atoms in total. The lowest BCUT2D eigenvalue weighted by atomic mass is 10.1. The number of aliphatic hydroxyl groups is 2. The second kappa shape index (κ2) is 7.17. The van der Waals surface area contributed by atoms with Gasteiger partial charge >= 0.3 is 0 Å². The Bertz CT molecular complexity index is 772. The maximum atomic E-state index is 12.4. The van der Waals surface area contributed by atoms with Gasteiger partial charge in [-0.25, -0.2) is 0 Å². The van der Waals surface area contributed by atoms with Crippen molar-refractivity contribution in [3.63, 3.8) is 0 Å². The number of likely N-dealkylation sites (tertiary alicyclic amines) is 1. The molecule has 1 aliphatic heterocycles. The minimum absolute atomic E-state index is 0.0910. The molecule has 3 rings (SSSR count). The van der Waals surface area contributed by atoms with E-state index < -0.39 is 5.56 Å². The number of hydrogen-bond donors (Lipinski definition) is 3. The Morgan fingerprint density at radius 2 is 1.83 bits per heavy atom. The van der Waals surface area contributed by atoms with Crippen LogP contribution in [-0.4, -0.2) is 44.0 Å². The summed E-state index contributed by atoms with van der Waals surface area (Å²) in [5.74, 6) is -0.250. The molecule has 0 aliphatic carbocycles. The van der Waals surface area contributed by atoms with E-state index in [9.17, 15) is 20.1 Å². The first-order valence-corrected chi connectivity index (χ1v) is 8.08. The van der Waals surface area contributed by atoms with Gasteiger partial charge in [0.1, 0.15) is 0 Å². The molecule has 3 N–H and O–H groups in total. The third-order valence-corrected chi connectivity index (χ3v) is 4.49. The summed E-state index contributed by atoms with van der Waals surface area (Å²) in [4.78, 5) is 14.4. The SMILES string of the molecule is O=c1c(O)c(CN2CCC(O)C2)ccn1Cc1ccccc1CO. The van der Waals surface area contributed by atoms with Crippen molar-refractivity contribution in [1.82, 2.24) is 9.47 Å². The summed E-state index contributed by atoms with van der Waals surface area (Å²) in [6.07, 6.45) is 2.05. The summed E-state index contributed by atoms with van der Waals surface area (Å²) in [5, 5.41) is 29.2. The molecule has 1 saturated heterocycles. The predicted octanol–water partition coefficient (Wildman–Crippen LogP) is 0.661. The van der Waals surface area contributed by atoms with E-state index in [4.69, 9.17) is 0 Å². The topological polar surface area (TPSA) is 85.9 Å². The van der Waals surface area contributed by atoms with Gasteiger partial charge in [-0.15, -0.1) is 0 Å². The van der Waals surface area contributed by atoms with E-state index in [0.29, 0.717) is 25.2 Å². The lowest BCUT2D eigenvalue weighted by Crippen LogP contribution is -2.25. The average Bonchev–Trinajstić information content (AvgIpc) is 3.00. The van der Waals surface area contributed by atoms with Gasteiger partial charge in [0.25, 0.3) is 5.56 Å². The lowest BCUT2D eigenvalue weighted by Gasteiger charge is -2.17. The van der Waals surface area contributed by atoms with E-state index in [2.05, 4.69) is 0 Å². The van der Waals surface area contributed by atoms with Crippen LogP contribution in [0.15, 0.2) is 41.3 Å². The summed E-state index contributed by atoms with van der Waals surface area (Å²) in [5.41, 5.74) is 1.73. The van der Waals surface area contributed by atoms with Crippen LogP contribution >= 0.6 is 0 Å². The Hall–Kier alpha value is -2.15. The van der Waals surface area contributed by atoms with Crippen molar-refractivity contribution in [2.45, 2.75) is 32.2 Å². The summed E-state index contributed by atoms with van der Waals surface area (Å²) >= 11 is 0. The second-order valence-corrected chi connectivity index (χ2v) is 6.23. The zero-order valence-electron chi connectivity index (χ0n) is 13.4. The Morgan fingerprint density at radius 3 is 2.50 bits per heavy atom. The van der Waals surface area contributed by atoms with Crippen molar-refractivity contribution < 1.29 is 15.3 Å². The second-order valence-electron chi connectivity index (χ2n) is 6.23. The minimum Gasteiger partial charge on any atom is -0.503 e. The number of β-amino-alcohol motifs (C(OH)–C–C–N with tert-alkyl or cyclic N) is 1. The molecule has 1 atom stereocenters. The highest BCUT2D eigenvalue weighted by molar-refractivity contribution is 5.31. The third-order valence-electron chi connectivity index (χ3n) is 4.49. The molecular formula is C18H22N2O4. The van der Waals surface area contributed by atoms with Crippen LogP contribution in [0, 0.1) is 0 Å². The van der Waals surface area contributed by atoms with E-state index in [0.717, 1.165) is 24.1 Å². The fourth-order valence-corrected chi connectivity index (χ4v) is 3.10. The summed E-state index contributed by atoms with van der Waals surface area (Å²) in [7, 11) is 0. The molecule has 1 aromatic heterocycles. The molecule has 1 unspecified atom stereocenters. The molecular weight excluding hydrogens is 308 g/mol. The fraction of sp³-hybridized carbons (Fsp3) is 0.389. The molecule has 1 aliphatic rings. The molecule has 1 fully saturated rings. The highest BCUT2D eigenvalue weighted by atomic mass is 16.3. The first kappa shape index (κ1) is 16.7. The van der Waals surface area contributed by atoms with Crippen LogP contribution < -0.4 is 5.56 Å². The van der Waals surface area contributed by atoms with Crippen molar-refractivity contribution in [3.8, 4) is 5.75 Å². The van der Waals surface area contributed by atoms with Gasteiger partial charge in [-0.3, -0.25) is 9.69 Å². The highest BCUT2D eigenvalue weighted by Gasteiger charge is 2.21. The molecule has 1 aromatic carbocycles. The number of rotatable bonds is 5. The number of aromatic nitrogens is 1. The van der Waals surface area contributed by atoms with Crippen molar-refractivity contribution in [3.05, 3.63) is 63.6 Å². The Balaban J connectivity index is 1.81. The first-order chi connectivity index (χ1) is 11.6. The smallest absolute Gasteiger partial charge is 0.293 e. The van der Waals surface area contributed by atoms with Gasteiger partial charge in [-0.2, -0.15) is 0 Å². The molecule has 0 radical (unpaired) electrons. The number of nitrogens with zero attached hydrogens (tertiary/aromatic N) is 2. The van der Waals surface area contributed by atoms with Gasteiger partial charge in [0.2, 0.25) is 0 Å². The quantitative estimate of drug-likeness (QED) is 0.750. The number of pyridine rings is 1. The molecule has 0 bridgehead atoms. The van der Waals surface area contributed by atoms with Crippen molar-refractivity contribution in [1.29, 1.82) is 0 Å². The van der Waals surface area contributed by atoms with Gasteiger partial charge in [0, 0.05) is 31.4 Å². The van der Waals surface area contributed by atoms with Crippen molar-refractivity contribution in [2.75, 3.05) is 13.1 Å². The maximum absolute atomic E-state index is 12.4. The molecule has 6 heteroatoms. The maximum Gasteiger partial charge on any atom is 0.293 e. The molecule has 0 amide bonds. The summed E-state index contributed by atoms with van der Waals surface area (Å²) in [6, 6.07) is 9.10. The number of aromatic hydroxyl groups is 1. The molecule has 0 spiro atoms. The van der Waals surface area contributed by atoms with Crippen molar-refractivity contribution in [2.24, 2.45) is 0 Å². The Morgan fingerprint density at radius 1 is 1.08 bits per heavy atom. The predicted molar refractivity (Wildman–Crippen MR) is 89.7 cm³/mol. The highest BCUT2D eigenvalue weighted by Crippen LogP contribution is 2.18. The van der Waals surface area contributed by atoms with Gasteiger partial charge in [-0.05, 0) is 23.6 Å². The molecule has 0 saturated carbocycles. The standard InChI is InChI=1S/C18H22N2O4/c21-12-15-4-2-1-3-13(15)10-20-8-5-14(17(23)18(20)24)9-19-7-6-16(22)11-19/h1-5,8,16,21-23H,6-7,9-12H2. The van der Waals surface area contributed by atoms with Crippen LogP contribution in [0.4, 0.5) is 0 Å². The van der Waals surface area contributed by atoms with Crippen LogP contribution in [0.2, 0.25) is 0 Å². The normalized spacial score (nSPS) is 18.2.